The van der Waals surface area contributed by atoms with Gasteiger partial charge in [-0.2, -0.15) is 0 Å². The van der Waals surface area contributed by atoms with Gasteiger partial charge in [-0.3, -0.25) is 0 Å². The van der Waals surface area contributed by atoms with Crippen LogP contribution >= 0.6 is 15.9 Å². The van der Waals surface area contributed by atoms with E-state index in [1.807, 2.05) is 0 Å². The standard InChI is InChI=1S/C11H9BrFNO2/c12-9-5-4-8(16-9)11(15)6-2-1-3-7(13)10(6)14/h1-5,11,15H,14H2. The number of hydrogen-bond donors (Lipinski definition) is 2. The summed E-state index contributed by atoms with van der Waals surface area (Å²) in [6.45, 7) is 0. The van der Waals surface area contributed by atoms with Crippen molar-refractivity contribution in [3.05, 3.63) is 52.1 Å². The third-order valence-corrected chi connectivity index (χ3v) is 2.67. The van der Waals surface area contributed by atoms with Crippen LogP contribution in [0, 0.1) is 5.82 Å². The molecule has 84 valence electrons. The second kappa shape index (κ2) is 4.27. The van der Waals surface area contributed by atoms with E-state index in [1.54, 1.807) is 18.2 Å². The lowest BCUT2D eigenvalue weighted by Gasteiger charge is -2.11. The van der Waals surface area contributed by atoms with Crippen LogP contribution < -0.4 is 5.73 Å². The number of furan rings is 1. The molecule has 2 rings (SSSR count). The van der Waals surface area contributed by atoms with Crippen LogP contribution in [0.4, 0.5) is 10.1 Å². The molecule has 16 heavy (non-hydrogen) atoms. The van der Waals surface area contributed by atoms with Crippen molar-refractivity contribution in [2.75, 3.05) is 5.73 Å². The number of para-hydroxylation sites is 1. The number of halogens is 2. The summed E-state index contributed by atoms with van der Waals surface area (Å²) in [5.74, 6) is -0.244. The van der Waals surface area contributed by atoms with Gasteiger partial charge in [-0.1, -0.05) is 12.1 Å². The van der Waals surface area contributed by atoms with Gasteiger partial charge in [-0.05, 0) is 34.1 Å². The van der Waals surface area contributed by atoms with Crippen LogP contribution in [0.2, 0.25) is 0 Å². The fraction of sp³-hybridized carbons (Fsp3) is 0.0909. The molecule has 0 amide bonds. The summed E-state index contributed by atoms with van der Waals surface area (Å²) in [4.78, 5) is 0. The van der Waals surface area contributed by atoms with Crippen LogP contribution in [0.1, 0.15) is 17.4 Å². The molecule has 2 aromatic rings. The number of rotatable bonds is 2. The molecule has 0 fully saturated rings. The number of nitrogen functional groups attached to an aromatic ring is 1. The largest absolute Gasteiger partial charge is 0.451 e. The highest BCUT2D eigenvalue weighted by molar-refractivity contribution is 9.10. The zero-order valence-electron chi connectivity index (χ0n) is 8.15. The second-order valence-electron chi connectivity index (χ2n) is 3.29. The molecule has 0 aliphatic heterocycles. The van der Waals surface area contributed by atoms with E-state index in [0.717, 1.165) is 0 Å². The number of benzene rings is 1. The van der Waals surface area contributed by atoms with Gasteiger partial charge in [0.25, 0.3) is 0 Å². The Kier molecular flexibility index (Phi) is 2.98. The topological polar surface area (TPSA) is 59.4 Å². The molecule has 3 nitrogen and oxygen atoms in total. The Morgan fingerprint density at radius 2 is 2.06 bits per heavy atom. The third-order valence-electron chi connectivity index (χ3n) is 2.24. The van der Waals surface area contributed by atoms with Gasteiger partial charge in [-0.25, -0.2) is 4.39 Å². The summed E-state index contributed by atoms with van der Waals surface area (Å²) in [5.41, 5.74) is 5.77. The van der Waals surface area contributed by atoms with Crippen molar-refractivity contribution in [1.82, 2.24) is 0 Å². The van der Waals surface area contributed by atoms with E-state index in [-0.39, 0.29) is 5.69 Å². The lowest BCUT2D eigenvalue weighted by Crippen LogP contribution is -2.04. The first kappa shape index (κ1) is 11.2. The van der Waals surface area contributed by atoms with E-state index in [0.29, 0.717) is 16.0 Å². The molecule has 1 aromatic heterocycles. The summed E-state index contributed by atoms with van der Waals surface area (Å²) in [6, 6.07) is 7.53. The molecule has 1 unspecified atom stereocenters. The molecule has 0 saturated heterocycles. The summed E-state index contributed by atoms with van der Waals surface area (Å²) >= 11 is 3.12. The van der Waals surface area contributed by atoms with Gasteiger partial charge >= 0.3 is 0 Å². The number of nitrogens with two attached hydrogens (primary N) is 1. The number of hydrogen-bond acceptors (Lipinski definition) is 3. The number of aliphatic hydroxyl groups excluding tert-OH is 1. The van der Waals surface area contributed by atoms with E-state index in [1.165, 1.54) is 12.1 Å². The minimum absolute atomic E-state index is 0.0671. The highest BCUT2D eigenvalue weighted by Crippen LogP contribution is 2.30. The van der Waals surface area contributed by atoms with Gasteiger partial charge in [0.05, 0.1) is 5.69 Å². The number of anilines is 1. The quantitative estimate of drug-likeness (QED) is 0.834. The van der Waals surface area contributed by atoms with Crippen molar-refractivity contribution < 1.29 is 13.9 Å². The van der Waals surface area contributed by atoms with E-state index in [2.05, 4.69) is 15.9 Å². The highest BCUT2D eigenvalue weighted by atomic mass is 79.9. The summed E-state index contributed by atoms with van der Waals surface area (Å²) in [7, 11) is 0. The fourth-order valence-corrected chi connectivity index (χ4v) is 1.74. The van der Waals surface area contributed by atoms with Crippen LogP contribution in [-0.4, -0.2) is 5.11 Å². The Morgan fingerprint density at radius 3 is 2.69 bits per heavy atom. The maximum Gasteiger partial charge on any atom is 0.169 e. The van der Waals surface area contributed by atoms with Crippen LogP contribution in [0.15, 0.2) is 39.4 Å². The maximum atomic E-state index is 13.2. The SMILES string of the molecule is Nc1c(F)cccc1C(O)c1ccc(Br)o1. The van der Waals surface area contributed by atoms with E-state index < -0.39 is 11.9 Å². The minimum Gasteiger partial charge on any atom is -0.451 e. The molecule has 0 bridgehead atoms. The minimum atomic E-state index is -1.07. The Morgan fingerprint density at radius 1 is 1.31 bits per heavy atom. The normalized spacial score (nSPS) is 12.7. The average Bonchev–Trinajstić information content (AvgIpc) is 2.68. The first-order valence-electron chi connectivity index (χ1n) is 4.57. The van der Waals surface area contributed by atoms with Gasteiger partial charge in [0.15, 0.2) is 4.67 Å². The molecule has 0 spiro atoms. The predicted octanol–water partition coefficient (Wildman–Crippen LogP) is 2.85. The zero-order valence-corrected chi connectivity index (χ0v) is 9.74. The molecule has 1 atom stereocenters. The van der Waals surface area contributed by atoms with Crippen molar-refractivity contribution in [1.29, 1.82) is 0 Å². The molecule has 5 heteroatoms. The second-order valence-corrected chi connectivity index (χ2v) is 4.07. The van der Waals surface area contributed by atoms with Crippen molar-refractivity contribution in [3.63, 3.8) is 0 Å². The maximum absolute atomic E-state index is 13.2. The van der Waals surface area contributed by atoms with Gasteiger partial charge in [0.2, 0.25) is 0 Å². The summed E-state index contributed by atoms with van der Waals surface area (Å²) in [6.07, 6.45) is -1.07. The van der Waals surface area contributed by atoms with Gasteiger partial charge in [0, 0.05) is 5.56 Å². The fourth-order valence-electron chi connectivity index (χ4n) is 1.42. The molecular formula is C11H9BrFNO2. The van der Waals surface area contributed by atoms with Crippen LogP contribution in [0.5, 0.6) is 0 Å². The first-order chi connectivity index (χ1) is 7.59. The number of aliphatic hydroxyl groups is 1. The van der Waals surface area contributed by atoms with E-state index in [4.69, 9.17) is 10.2 Å². The Labute approximate surface area is 99.8 Å². The Balaban J connectivity index is 2.41. The van der Waals surface area contributed by atoms with Crippen molar-refractivity contribution >= 4 is 21.6 Å². The lowest BCUT2D eigenvalue weighted by atomic mass is 10.1. The van der Waals surface area contributed by atoms with Gasteiger partial charge in [0.1, 0.15) is 17.7 Å². The average molecular weight is 286 g/mol. The molecule has 0 radical (unpaired) electrons. The van der Waals surface area contributed by atoms with Crippen molar-refractivity contribution in [3.8, 4) is 0 Å². The van der Waals surface area contributed by atoms with Gasteiger partial charge in [-0.15, -0.1) is 0 Å². The lowest BCUT2D eigenvalue weighted by molar-refractivity contribution is 0.188. The Hall–Kier alpha value is -1.33. The third kappa shape index (κ3) is 1.96. The molecule has 0 aliphatic carbocycles. The van der Waals surface area contributed by atoms with Gasteiger partial charge < -0.3 is 15.3 Å². The zero-order chi connectivity index (χ0) is 11.7. The molecule has 1 heterocycles. The summed E-state index contributed by atoms with van der Waals surface area (Å²) in [5, 5.41) is 9.95. The van der Waals surface area contributed by atoms with E-state index >= 15 is 0 Å². The molecule has 3 N–H and O–H groups in total. The van der Waals surface area contributed by atoms with Crippen LogP contribution in [-0.2, 0) is 0 Å². The van der Waals surface area contributed by atoms with Crippen LogP contribution in [0.3, 0.4) is 0 Å². The van der Waals surface area contributed by atoms with Crippen molar-refractivity contribution in [2.45, 2.75) is 6.10 Å². The Bertz CT molecular complexity index is 512. The molecular weight excluding hydrogens is 277 g/mol. The van der Waals surface area contributed by atoms with Crippen LogP contribution in [0.25, 0.3) is 0 Å². The van der Waals surface area contributed by atoms with E-state index in [9.17, 15) is 9.50 Å². The first-order valence-corrected chi connectivity index (χ1v) is 5.36. The molecule has 0 aliphatic rings. The highest BCUT2D eigenvalue weighted by Gasteiger charge is 2.18. The molecule has 0 saturated carbocycles. The monoisotopic (exact) mass is 285 g/mol. The summed E-state index contributed by atoms with van der Waals surface area (Å²) < 4.78 is 18.9. The van der Waals surface area contributed by atoms with Crippen molar-refractivity contribution in [2.24, 2.45) is 0 Å². The smallest absolute Gasteiger partial charge is 0.169 e. The predicted molar refractivity (Wildman–Crippen MR) is 61.3 cm³/mol. The molecule has 1 aromatic carbocycles.